The van der Waals surface area contributed by atoms with Gasteiger partial charge in [-0.2, -0.15) is 5.10 Å². The summed E-state index contributed by atoms with van der Waals surface area (Å²) < 4.78 is 7.94. The lowest BCUT2D eigenvalue weighted by Crippen LogP contribution is -2.23. The number of halogens is 1. The predicted molar refractivity (Wildman–Crippen MR) is 63.5 cm³/mol. The van der Waals surface area contributed by atoms with Crippen LogP contribution in [0, 0.1) is 0 Å². The molecule has 1 aliphatic rings. The van der Waals surface area contributed by atoms with Crippen LogP contribution in [0.5, 0.6) is 0 Å². The van der Waals surface area contributed by atoms with E-state index in [0.29, 0.717) is 12.3 Å². The molecule has 0 N–H and O–H groups in total. The number of hydrogen-bond donors (Lipinski definition) is 0. The number of carbonyl (C=O) groups is 1. The van der Waals surface area contributed by atoms with Crippen LogP contribution in [-0.2, 0) is 11.3 Å². The van der Waals surface area contributed by atoms with Gasteiger partial charge >= 0.3 is 0 Å². The van der Waals surface area contributed by atoms with Gasteiger partial charge in [0.2, 0.25) is 5.78 Å². The van der Waals surface area contributed by atoms with E-state index >= 15 is 0 Å². The summed E-state index contributed by atoms with van der Waals surface area (Å²) in [4.78, 5) is 12.2. The molecule has 0 aliphatic carbocycles. The first-order chi connectivity index (χ1) is 7.74. The van der Waals surface area contributed by atoms with Gasteiger partial charge in [0, 0.05) is 13.2 Å². The number of rotatable bonds is 4. The molecule has 1 fully saturated rings. The van der Waals surface area contributed by atoms with Gasteiger partial charge in [0.25, 0.3) is 0 Å². The van der Waals surface area contributed by atoms with Gasteiger partial charge in [0.1, 0.15) is 11.8 Å². The third kappa shape index (κ3) is 2.20. The summed E-state index contributed by atoms with van der Waals surface area (Å²) in [6.45, 7) is 3.52. The lowest BCUT2D eigenvalue weighted by molar-refractivity contribution is 0.0631. The first-order valence-electron chi connectivity index (χ1n) is 5.61. The van der Waals surface area contributed by atoms with Crippen LogP contribution in [-0.4, -0.2) is 28.3 Å². The molecule has 1 aromatic heterocycles. The van der Waals surface area contributed by atoms with Crippen molar-refractivity contribution in [3.63, 3.8) is 0 Å². The highest BCUT2D eigenvalue weighted by atomic mass is 79.9. The number of Topliss-reactive ketones (excluding diaryl/α,β-unsaturated/α-hetero) is 1. The molecule has 1 unspecified atom stereocenters. The molecule has 0 aromatic carbocycles. The average molecular weight is 287 g/mol. The molecular weight excluding hydrogens is 272 g/mol. The van der Waals surface area contributed by atoms with Gasteiger partial charge in [-0.3, -0.25) is 9.48 Å². The minimum Gasteiger partial charge on any atom is -0.370 e. The van der Waals surface area contributed by atoms with Crippen molar-refractivity contribution in [3.05, 3.63) is 16.4 Å². The Morgan fingerprint density at radius 3 is 3.19 bits per heavy atom. The minimum atomic E-state index is -0.274. The zero-order valence-corrected chi connectivity index (χ0v) is 10.9. The van der Waals surface area contributed by atoms with Gasteiger partial charge in [0.15, 0.2) is 0 Å². The summed E-state index contributed by atoms with van der Waals surface area (Å²) >= 11 is 3.38. The lowest BCUT2D eigenvalue weighted by atomic mass is 10.1. The molecule has 16 heavy (non-hydrogen) atoms. The van der Waals surface area contributed by atoms with Gasteiger partial charge in [-0.25, -0.2) is 0 Å². The second-order valence-corrected chi connectivity index (χ2v) is 4.78. The molecule has 0 saturated carbocycles. The Bertz CT molecular complexity index is 383. The van der Waals surface area contributed by atoms with Crippen LogP contribution in [0.1, 0.15) is 36.7 Å². The van der Waals surface area contributed by atoms with E-state index in [2.05, 4.69) is 28.0 Å². The Kier molecular flexibility index (Phi) is 3.76. The fourth-order valence-electron chi connectivity index (χ4n) is 1.93. The number of carbonyl (C=O) groups excluding carboxylic acids is 1. The summed E-state index contributed by atoms with van der Waals surface area (Å²) in [5, 5.41) is 4.19. The Hall–Kier alpha value is -0.680. The second kappa shape index (κ2) is 5.10. The molecule has 0 radical (unpaired) electrons. The van der Waals surface area contributed by atoms with Crippen LogP contribution in [0.15, 0.2) is 10.7 Å². The molecule has 0 bridgehead atoms. The molecule has 4 nitrogen and oxygen atoms in total. The van der Waals surface area contributed by atoms with E-state index in [0.717, 1.165) is 30.3 Å². The Labute approximate surface area is 103 Å². The lowest BCUT2D eigenvalue weighted by Gasteiger charge is -2.10. The number of ether oxygens (including phenoxy) is 1. The molecule has 1 aliphatic heterocycles. The maximum absolute atomic E-state index is 12.2. The number of aromatic nitrogens is 2. The van der Waals surface area contributed by atoms with E-state index in [9.17, 15) is 4.79 Å². The summed E-state index contributed by atoms with van der Waals surface area (Å²) in [7, 11) is 0. The van der Waals surface area contributed by atoms with Gasteiger partial charge in [-0.05, 0) is 35.2 Å². The van der Waals surface area contributed by atoms with Crippen molar-refractivity contribution in [1.29, 1.82) is 0 Å². The summed E-state index contributed by atoms with van der Waals surface area (Å²) in [5.41, 5.74) is 0.647. The Morgan fingerprint density at radius 1 is 1.75 bits per heavy atom. The molecule has 88 valence electrons. The topological polar surface area (TPSA) is 44.1 Å². The van der Waals surface area contributed by atoms with E-state index in [1.54, 1.807) is 10.9 Å². The normalized spacial score (nSPS) is 20.2. The van der Waals surface area contributed by atoms with Crippen molar-refractivity contribution in [1.82, 2.24) is 9.78 Å². The number of aryl methyl sites for hydroxylation is 1. The van der Waals surface area contributed by atoms with Gasteiger partial charge in [-0.15, -0.1) is 0 Å². The van der Waals surface area contributed by atoms with Crippen molar-refractivity contribution in [3.8, 4) is 0 Å². The zero-order valence-electron chi connectivity index (χ0n) is 9.28. The molecule has 1 saturated heterocycles. The summed E-state index contributed by atoms with van der Waals surface area (Å²) in [6, 6.07) is 0. The van der Waals surface area contributed by atoms with E-state index in [-0.39, 0.29) is 11.9 Å². The van der Waals surface area contributed by atoms with Gasteiger partial charge in [0.05, 0.1) is 10.7 Å². The standard InChI is InChI=1S/C11H15BrN2O2/c1-2-5-14-10(8(12)7-13-14)11(15)9-4-3-6-16-9/h7,9H,2-6H2,1H3. The van der Waals surface area contributed by atoms with Crippen LogP contribution in [0.25, 0.3) is 0 Å². The van der Waals surface area contributed by atoms with Crippen molar-refractivity contribution < 1.29 is 9.53 Å². The molecule has 1 aromatic rings. The van der Waals surface area contributed by atoms with Gasteiger partial charge in [-0.1, -0.05) is 6.92 Å². The third-order valence-electron chi connectivity index (χ3n) is 2.69. The highest BCUT2D eigenvalue weighted by Crippen LogP contribution is 2.23. The molecule has 2 heterocycles. The monoisotopic (exact) mass is 286 g/mol. The quantitative estimate of drug-likeness (QED) is 0.799. The smallest absolute Gasteiger partial charge is 0.210 e. The van der Waals surface area contributed by atoms with E-state index in [4.69, 9.17) is 4.74 Å². The number of hydrogen-bond acceptors (Lipinski definition) is 3. The summed E-state index contributed by atoms with van der Waals surface area (Å²) in [5.74, 6) is 0.0512. The first kappa shape index (κ1) is 11.8. The van der Waals surface area contributed by atoms with Crippen LogP contribution < -0.4 is 0 Å². The Balaban J connectivity index is 2.23. The molecule has 1 atom stereocenters. The maximum Gasteiger partial charge on any atom is 0.210 e. The summed E-state index contributed by atoms with van der Waals surface area (Å²) in [6.07, 6.45) is 4.15. The molecule has 0 amide bonds. The number of nitrogens with zero attached hydrogens (tertiary/aromatic N) is 2. The van der Waals surface area contributed by atoms with Crippen molar-refractivity contribution in [2.75, 3.05) is 6.61 Å². The SMILES string of the molecule is CCCn1ncc(Br)c1C(=O)C1CCCO1. The average Bonchev–Trinajstić information content (AvgIpc) is 2.88. The van der Waals surface area contributed by atoms with Crippen molar-refractivity contribution in [2.45, 2.75) is 38.8 Å². The third-order valence-corrected chi connectivity index (χ3v) is 3.27. The largest absolute Gasteiger partial charge is 0.370 e. The fourth-order valence-corrected chi connectivity index (χ4v) is 2.42. The first-order valence-corrected chi connectivity index (χ1v) is 6.40. The van der Waals surface area contributed by atoms with Crippen molar-refractivity contribution in [2.24, 2.45) is 0 Å². The van der Waals surface area contributed by atoms with E-state index in [1.165, 1.54) is 0 Å². The highest BCUT2D eigenvalue weighted by Gasteiger charge is 2.28. The molecule has 0 spiro atoms. The van der Waals surface area contributed by atoms with Crippen LogP contribution in [0.4, 0.5) is 0 Å². The molecular formula is C11H15BrN2O2. The minimum absolute atomic E-state index is 0.0512. The zero-order chi connectivity index (χ0) is 11.5. The van der Waals surface area contributed by atoms with E-state index < -0.39 is 0 Å². The number of ketones is 1. The predicted octanol–water partition coefficient (Wildman–Crippen LogP) is 2.42. The molecule has 5 heteroatoms. The second-order valence-electron chi connectivity index (χ2n) is 3.93. The van der Waals surface area contributed by atoms with E-state index in [1.807, 2.05) is 0 Å². The van der Waals surface area contributed by atoms with Crippen LogP contribution in [0.2, 0.25) is 0 Å². The highest BCUT2D eigenvalue weighted by molar-refractivity contribution is 9.10. The Morgan fingerprint density at radius 2 is 2.56 bits per heavy atom. The van der Waals surface area contributed by atoms with Crippen molar-refractivity contribution >= 4 is 21.7 Å². The molecule has 2 rings (SSSR count). The van der Waals surface area contributed by atoms with Crippen LogP contribution in [0.3, 0.4) is 0 Å². The van der Waals surface area contributed by atoms with Crippen LogP contribution >= 0.6 is 15.9 Å². The fraction of sp³-hybridized carbons (Fsp3) is 0.636. The maximum atomic E-state index is 12.2. The van der Waals surface area contributed by atoms with Gasteiger partial charge < -0.3 is 4.74 Å².